The van der Waals surface area contributed by atoms with Gasteiger partial charge >= 0.3 is 0 Å². The quantitative estimate of drug-likeness (QED) is 0.738. The molecule has 7 nitrogen and oxygen atoms in total. The number of likely N-dealkylation sites (tertiary alicyclic amines) is 1. The van der Waals surface area contributed by atoms with Crippen molar-refractivity contribution >= 4 is 17.1 Å². The normalized spacial score (nSPS) is 18.9. The maximum atomic E-state index is 13.1. The zero-order chi connectivity index (χ0) is 19.8. The fraction of sp³-hybridized carbons (Fsp3) is 0.455. The van der Waals surface area contributed by atoms with E-state index in [1.165, 1.54) is 24.0 Å². The SMILES string of the molecule is NCCn1nc(C2CCN(C(=O)c3ccc4c(c3)CCCC4)C2)c2nccnc21. The van der Waals surface area contributed by atoms with E-state index in [-0.39, 0.29) is 11.8 Å². The Hall–Kier alpha value is -2.80. The third-order valence-electron chi connectivity index (χ3n) is 6.19. The maximum Gasteiger partial charge on any atom is 0.253 e. The van der Waals surface area contributed by atoms with Crippen molar-refractivity contribution in [3.8, 4) is 0 Å². The number of hydrogen-bond acceptors (Lipinski definition) is 5. The van der Waals surface area contributed by atoms with Gasteiger partial charge in [-0.05, 0) is 55.4 Å². The van der Waals surface area contributed by atoms with Crippen LogP contribution in [0.15, 0.2) is 30.6 Å². The topological polar surface area (TPSA) is 89.9 Å². The first-order valence-electron chi connectivity index (χ1n) is 10.5. The monoisotopic (exact) mass is 390 g/mol. The predicted octanol–water partition coefficient (Wildman–Crippen LogP) is 2.29. The zero-order valence-corrected chi connectivity index (χ0v) is 16.5. The molecule has 1 unspecified atom stereocenters. The summed E-state index contributed by atoms with van der Waals surface area (Å²) in [5.41, 5.74) is 11.8. The second kappa shape index (κ2) is 7.55. The summed E-state index contributed by atoms with van der Waals surface area (Å²) in [6.07, 6.45) is 8.96. The number of nitrogens with two attached hydrogens (primary N) is 1. The van der Waals surface area contributed by atoms with Gasteiger partial charge in [0.05, 0.1) is 12.2 Å². The average molecular weight is 390 g/mol. The average Bonchev–Trinajstić information content (AvgIpc) is 3.39. The first kappa shape index (κ1) is 18.2. The van der Waals surface area contributed by atoms with Crippen LogP contribution in [-0.2, 0) is 19.4 Å². The fourth-order valence-electron chi connectivity index (χ4n) is 4.70. The van der Waals surface area contributed by atoms with Gasteiger partial charge in [0.25, 0.3) is 5.91 Å². The Kier molecular flexibility index (Phi) is 4.75. The van der Waals surface area contributed by atoms with Gasteiger partial charge < -0.3 is 10.6 Å². The highest BCUT2D eigenvalue weighted by atomic mass is 16.2. The molecule has 3 aromatic rings. The lowest BCUT2D eigenvalue weighted by Gasteiger charge is -2.19. The molecule has 5 rings (SSSR count). The summed E-state index contributed by atoms with van der Waals surface area (Å²) in [4.78, 5) is 24.0. The van der Waals surface area contributed by atoms with Gasteiger partial charge in [-0.15, -0.1) is 0 Å². The van der Waals surface area contributed by atoms with E-state index in [0.29, 0.717) is 19.6 Å². The Morgan fingerprint density at radius 1 is 1.14 bits per heavy atom. The van der Waals surface area contributed by atoms with Gasteiger partial charge in [0.15, 0.2) is 5.65 Å². The second-order valence-electron chi connectivity index (χ2n) is 8.05. The van der Waals surface area contributed by atoms with Crippen molar-refractivity contribution in [2.24, 2.45) is 5.73 Å². The van der Waals surface area contributed by atoms with Gasteiger partial charge in [0.2, 0.25) is 0 Å². The van der Waals surface area contributed by atoms with Crippen LogP contribution in [0.1, 0.15) is 52.4 Å². The van der Waals surface area contributed by atoms with Gasteiger partial charge in [-0.25, -0.2) is 14.6 Å². The molecule has 1 amide bonds. The van der Waals surface area contributed by atoms with E-state index in [1.807, 2.05) is 15.6 Å². The molecule has 3 heterocycles. The first-order valence-corrected chi connectivity index (χ1v) is 10.5. The predicted molar refractivity (Wildman–Crippen MR) is 111 cm³/mol. The van der Waals surface area contributed by atoms with Gasteiger partial charge in [-0.2, -0.15) is 5.10 Å². The molecule has 2 N–H and O–H groups in total. The highest BCUT2D eigenvalue weighted by Gasteiger charge is 2.32. The van der Waals surface area contributed by atoms with Crippen LogP contribution in [-0.4, -0.2) is 50.2 Å². The molecule has 0 bridgehead atoms. The molecule has 2 aromatic heterocycles. The number of hydrogen-bond donors (Lipinski definition) is 1. The molecule has 1 aromatic carbocycles. The molecular weight excluding hydrogens is 364 g/mol. The standard InChI is InChI=1S/C22H26N6O/c23-8-12-28-21-20(24-9-10-25-21)19(26-28)18-7-11-27(14-18)22(29)17-6-5-15-3-1-2-4-16(15)13-17/h5-6,9-10,13,18H,1-4,7-8,11-12,14,23H2. The molecule has 0 saturated carbocycles. The molecule has 1 aliphatic carbocycles. The van der Waals surface area contributed by atoms with Crippen LogP contribution in [0.25, 0.3) is 11.2 Å². The number of fused-ring (bicyclic) bond motifs is 2. The van der Waals surface area contributed by atoms with E-state index < -0.39 is 0 Å². The molecule has 1 fully saturated rings. The molecule has 2 aliphatic rings. The molecule has 0 spiro atoms. The van der Waals surface area contributed by atoms with Crippen molar-refractivity contribution in [3.05, 3.63) is 53.0 Å². The number of benzene rings is 1. The molecular formula is C22H26N6O. The van der Waals surface area contributed by atoms with Crippen LogP contribution < -0.4 is 5.73 Å². The number of aromatic nitrogens is 4. The Morgan fingerprint density at radius 2 is 1.97 bits per heavy atom. The Balaban J connectivity index is 1.38. The van der Waals surface area contributed by atoms with Crippen LogP contribution >= 0.6 is 0 Å². The van der Waals surface area contributed by atoms with E-state index >= 15 is 0 Å². The van der Waals surface area contributed by atoms with E-state index in [4.69, 9.17) is 10.8 Å². The van der Waals surface area contributed by atoms with Crippen LogP contribution in [0.3, 0.4) is 0 Å². The highest BCUT2D eigenvalue weighted by molar-refractivity contribution is 5.94. The van der Waals surface area contributed by atoms with Crippen LogP contribution in [0.5, 0.6) is 0 Å². The van der Waals surface area contributed by atoms with Crippen molar-refractivity contribution in [2.75, 3.05) is 19.6 Å². The van der Waals surface area contributed by atoms with Crippen LogP contribution in [0.2, 0.25) is 0 Å². The summed E-state index contributed by atoms with van der Waals surface area (Å²) < 4.78 is 1.84. The van der Waals surface area contributed by atoms with Crippen molar-refractivity contribution in [1.82, 2.24) is 24.6 Å². The zero-order valence-electron chi connectivity index (χ0n) is 16.5. The van der Waals surface area contributed by atoms with Gasteiger partial charge in [-0.3, -0.25) is 4.79 Å². The summed E-state index contributed by atoms with van der Waals surface area (Å²) in [5.74, 6) is 0.299. The third-order valence-corrected chi connectivity index (χ3v) is 6.19. The van der Waals surface area contributed by atoms with E-state index in [0.717, 1.165) is 48.2 Å². The van der Waals surface area contributed by atoms with Crippen LogP contribution in [0.4, 0.5) is 0 Å². The summed E-state index contributed by atoms with van der Waals surface area (Å²) in [6.45, 7) is 2.52. The lowest BCUT2D eigenvalue weighted by atomic mass is 9.90. The Bertz CT molecular complexity index is 1060. The van der Waals surface area contributed by atoms with Crippen molar-refractivity contribution in [2.45, 2.75) is 44.6 Å². The van der Waals surface area contributed by atoms with E-state index in [9.17, 15) is 4.79 Å². The summed E-state index contributed by atoms with van der Waals surface area (Å²) >= 11 is 0. The summed E-state index contributed by atoms with van der Waals surface area (Å²) in [5, 5.41) is 4.76. The molecule has 7 heteroatoms. The molecule has 1 aliphatic heterocycles. The van der Waals surface area contributed by atoms with Crippen molar-refractivity contribution in [1.29, 1.82) is 0 Å². The molecule has 1 atom stereocenters. The maximum absolute atomic E-state index is 13.1. The lowest BCUT2D eigenvalue weighted by molar-refractivity contribution is 0.0790. The smallest absolute Gasteiger partial charge is 0.253 e. The first-order chi connectivity index (χ1) is 14.2. The Labute approximate surface area is 169 Å². The van der Waals surface area contributed by atoms with Gasteiger partial charge in [0.1, 0.15) is 5.52 Å². The number of carbonyl (C=O) groups is 1. The summed E-state index contributed by atoms with van der Waals surface area (Å²) in [6, 6.07) is 6.25. The van der Waals surface area contributed by atoms with Crippen molar-refractivity contribution in [3.63, 3.8) is 0 Å². The fourth-order valence-corrected chi connectivity index (χ4v) is 4.70. The number of rotatable bonds is 4. The largest absolute Gasteiger partial charge is 0.338 e. The Morgan fingerprint density at radius 3 is 2.83 bits per heavy atom. The minimum Gasteiger partial charge on any atom is -0.338 e. The highest BCUT2D eigenvalue weighted by Crippen LogP contribution is 2.31. The molecule has 150 valence electrons. The van der Waals surface area contributed by atoms with Gasteiger partial charge in [-0.1, -0.05) is 6.07 Å². The molecule has 29 heavy (non-hydrogen) atoms. The minimum absolute atomic E-state index is 0.123. The van der Waals surface area contributed by atoms with Crippen LogP contribution in [0, 0.1) is 0 Å². The second-order valence-corrected chi connectivity index (χ2v) is 8.05. The van der Waals surface area contributed by atoms with E-state index in [1.54, 1.807) is 12.4 Å². The lowest BCUT2D eigenvalue weighted by Crippen LogP contribution is -2.28. The summed E-state index contributed by atoms with van der Waals surface area (Å²) in [7, 11) is 0. The number of carbonyl (C=O) groups excluding carboxylic acids is 1. The van der Waals surface area contributed by atoms with Crippen molar-refractivity contribution < 1.29 is 4.79 Å². The molecule has 0 radical (unpaired) electrons. The number of aryl methyl sites for hydroxylation is 2. The third kappa shape index (κ3) is 3.29. The van der Waals surface area contributed by atoms with E-state index in [2.05, 4.69) is 22.1 Å². The van der Waals surface area contributed by atoms with Gasteiger partial charge in [0, 0.05) is 43.5 Å². The molecule has 1 saturated heterocycles. The minimum atomic E-state index is 0.123. The number of nitrogens with zero attached hydrogens (tertiary/aromatic N) is 5. The number of amides is 1.